The quantitative estimate of drug-likeness (QED) is 0.370. The molecular formula is C22H20O8. The zero-order valence-electron chi connectivity index (χ0n) is 16.3. The fourth-order valence-corrected chi connectivity index (χ4v) is 2.42. The Hall–Kier alpha value is -3.94. The summed E-state index contributed by atoms with van der Waals surface area (Å²) in [7, 11) is 2.33. The van der Waals surface area contributed by atoms with E-state index in [4.69, 9.17) is 9.47 Å². The molecule has 0 heterocycles. The molecule has 0 N–H and O–H groups in total. The summed E-state index contributed by atoms with van der Waals surface area (Å²) in [6.45, 7) is 0. The molecule has 2 aromatic carbocycles. The van der Waals surface area contributed by atoms with Crippen LogP contribution in [-0.2, 0) is 38.1 Å². The van der Waals surface area contributed by atoms with Gasteiger partial charge in [-0.25, -0.2) is 19.2 Å². The molecule has 0 spiro atoms. The predicted octanol–water partition coefficient (Wildman–Crippen LogP) is 2.46. The van der Waals surface area contributed by atoms with Gasteiger partial charge in [-0.05, 0) is 0 Å². The Morgan fingerprint density at radius 2 is 0.967 bits per heavy atom. The van der Waals surface area contributed by atoms with Crippen LogP contribution in [0.25, 0.3) is 0 Å². The van der Waals surface area contributed by atoms with Crippen molar-refractivity contribution >= 4 is 23.9 Å². The van der Waals surface area contributed by atoms with Crippen molar-refractivity contribution in [3.63, 3.8) is 0 Å². The molecule has 0 amide bonds. The molecule has 0 radical (unpaired) electrons. The Labute approximate surface area is 173 Å². The summed E-state index contributed by atoms with van der Waals surface area (Å²) >= 11 is 0. The molecule has 0 saturated heterocycles. The molecule has 0 fully saturated rings. The van der Waals surface area contributed by atoms with Gasteiger partial charge in [0.1, 0.15) is 0 Å². The third-order valence-corrected chi connectivity index (χ3v) is 3.86. The standard InChI is InChI=1S/C22H20O8/c1-27-21(25)19(15-9-5-3-6-10-15)29-17(23)13-14-18(24)30-20(22(26)28-2)16-11-7-4-8-12-16/h3-14,19-20H,1-2H3/b14-13+/t19-,20-/m1/s1. The van der Waals surface area contributed by atoms with Gasteiger partial charge in [0.05, 0.1) is 14.2 Å². The maximum atomic E-state index is 12.1. The van der Waals surface area contributed by atoms with E-state index in [0.717, 1.165) is 26.4 Å². The molecule has 0 saturated carbocycles. The molecule has 8 nitrogen and oxygen atoms in total. The van der Waals surface area contributed by atoms with E-state index >= 15 is 0 Å². The number of benzene rings is 2. The van der Waals surface area contributed by atoms with Gasteiger partial charge in [-0.2, -0.15) is 0 Å². The number of carbonyl (C=O) groups is 4. The van der Waals surface area contributed by atoms with E-state index in [9.17, 15) is 19.2 Å². The van der Waals surface area contributed by atoms with Crippen LogP contribution >= 0.6 is 0 Å². The average molecular weight is 412 g/mol. The van der Waals surface area contributed by atoms with E-state index < -0.39 is 36.1 Å². The zero-order chi connectivity index (χ0) is 21.9. The SMILES string of the molecule is COC(=O)[C@H](OC(=O)/C=C/C(=O)O[C@@H](C(=O)OC)c1ccccc1)c1ccccc1. The minimum absolute atomic E-state index is 0.406. The van der Waals surface area contributed by atoms with Crippen LogP contribution in [0.2, 0.25) is 0 Å². The number of rotatable bonds is 8. The second-order valence-electron chi connectivity index (χ2n) is 5.83. The third kappa shape index (κ3) is 6.30. The Kier molecular flexibility index (Phi) is 8.31. The van der Waals surface area contributed by atoms with Crippen LogP contribution in [-0.4, -0.2) is 38.1 Å². The van der Waals surface area contributed by atoms with E-state index in [-0.39, 0.29) is 0 Å². The molecule has 2 aromatic rings. The van der Waals surface area contributed by atoms with Crippen LogP contribution < -0.4 is 0 Å². The van der Waals surface area contributed by atoms with Crippen LogP contribution in [0.4, 0.5) is 0 Å². The largest absolute Gasteiger partial charge is 0.466 e. The molecule has 8 heteroatoms. The van der Waals surface area contributed by atoms with Crippen molar-refractivity contribution in [2.45, 2.75) is 12.2 Å². The highest BCUT2D eigenvalue weighted by Gasteiger charge is 2.26. The van der Waals surface area contributed by atoms with Crippen LogP contribution in [0.15, 0.2) is 72.8 Å². The minimum Gasteiger partial charge on any atom is -0.466 e. The van der Waals surface area contributed by atoms with Gasteiger partial charge in [-0.15, -0.1) is 0 Å². The van der Waals surface area contributed by atoms with Gasteiger partial charge in [0, 0.05) is 23.3 Å². The maximum absolute atomic E-state index is 12.1. The predicted molar refractivity (Wildman–Crippen MR) is 104 cm³/mol. The molecule has 0 aliphatic heterocycles. The van der Waals surface area contributed by atoms with Gasteiger partial charge >= 0.3 is 23.9 Å². The van der Waals surface area contributed by atoms with E-state index in [1.807, 2.05) is 0 Å². The third-order valence-electron chi connectivity index (χ3n) is 3.86. The molecule has 2 rings (SSSR count). The summed E-state index contributed by atoms with van der Waals surface area (Å²) in [5, 5.41) is 0. The summed E-state index contributed by atoms with van der Waals surface area (Å²) in [6, 6.07) is 16.5. The van der Waals surface area contributed by atoms with Crippen LogP contribution in [0.1, 0.15) is 23.3 Å². The first kappa shape index (κ1) is 22.4. The van der Waals surface area contributed by atoms with Crippen molar-refractivity contribution in [1.29, 1.82) is 0 Å². The van der Waals surface area contributed by atoms with Gasteiger partial charge < -0.3 is 18.9 Å². The Balaban J connectivity index is 2.05. The lowest BCUT2D eigenvalue weighted by atomic mass is 10.1. The van der Waals surface area contributed by atoms with Crippen LogP contribution in [0, 0.1) is 0 Å². The van der Waals surface area contributed by atoms with Crippen molar-refractivity contribution in [2.24, 2.45) is 0 Å². The van der Waals surface area contributed by atoms with Crippen molar-refractivity contribution in [3.05, 3.63) is 83.9 Å². The highest BCUT2D eigenvalue weighted by Crippen LogP contribution is 2.20. The van der Waals surface area contributed by atoms with Crippen LogP contribution in [0.5, 0.6) is 0 Å². The second-order valence-corrected chi connectivity index (χ2v) is 5.83. The number of hydrogen-bond acceptors (Lipinski definition) is 8. The van der Waals surface area contributed by atoms with Gasteiger partial charge in [0.2, 0.25) is 12.2 Å². The fourth-order valence-electron chi connectivity index (χ4n) is 2.42. The number of carbonyl (C=O) groups excluding carboxylic acids is 4. The molecule has 0 unspecified atom stereocenters. The van der Waals surface area contributed by atoms with Gasteiger partial charge in [0.15, 0.2) is 0 Å². The highest BCUT2D eigenvalue weighted by molar-refractivity contribution is 5.94. The number of methoxy groups -OCH3 is 2. The highest BCUT2D eigenvalue weighted by atomic mass is 16.6. The molecule has 0 bridgehead atoms. The van der Waals surface area contributed by atoms with E-state index in [1.54, 1.807) is 60.7 Å². The monoisotopic (exact) mass is 412 g/mol. The molecule has 0 aliphatic carbocycles. The van der Waals surface area contributed by atoms with Crippen molar-refractivity contribution < 1.29 is 38.1 Å². The molecule has 156 valence electrons. The lowest BCUT2D eigenvalue weighted by Gasteiger charge is -2.15. The van der Waals surface area contributed by atoms with Crippen molar-refractivity contribution in [1.82, 2.24) is 0 Å². The van der Waals surface area contributed by atoms with E-state index in [1.165, 1.54) is 0 Å². The zero-order valence-corrected chi connectivity index (χ0v) is 16.3. The fraction of sp³-hybridized carbons (Fsp3) is 0.182. The smallest absolute Gasteiger partial charge is 0.351 e. The molecule has 30 heavy (non-hydrogen) atoms. The Morgan fingerprint density at radius 3 is 1.27 bits per heavy atom. The first-order valence-electron chi connectivity index (χ1n) is 8.81. The molecular weight excluding hydrogens is 392 g/mol. The minimum atomic E-state index is -1.29. The first-order chi connectivity index (χ1) is 14.5. The van der Waals surface area contributed by atoms with Crippen LogP contribution in [0.3, 0.4) is 0 Å². The number of hydrogen-bond donors (Lipinski definition) is 0. The average Bonchev–Trinajstić information content (AvgIpc) is 2.79. The molecule has 2 atom stereocenters. The molecule has 0 aromatic heterocycles. The Morgan fingerprint density at radius 1 is 0.633 bits per heavy atom. The van der Waals surface area contributed by atoms with E-state index in [2.05, 4.69) is 9.47 Å². The summed E-state index contributed by atoms with van der Waals surface area (Å²) in [6.07, 6.45) is -1.01. The first-order valence-corrected chi connectivity index (χ1v) is 8.81. The summed E-state index contributed by atoms with van der Waals surface area (Å²) < 4.78 is 19.5. The normalized spacial score (nSPS) is 12.5. The number of ether oxygens (including phenoxy) is 4. The van der Waals surface area contributed by atoms with Crippen molar-refractivity contribution in [2.75, 3.05) is 14.2 Å². The Bertz CT molecular complexity index is 830. The lowest BCUT2D eigenvalue weighted by molar-refractivity contribution is -0.164. The van der Waals surface area contributed by atoms with Gasteiger partial charge in [0.25, 0.3) is 0 Å². The van der Waals surface area contributed by atoms with Crippen molar-refractivity contribution in [3.8, 4) is 0 Å². The summed E-state index contributed by atoms with van der Waals surface area (Å²) in [5.41, 5.74) is 0.812. The van der Waals surface area contributed by atoms with Gasteiger partial charge in [-0.1, -0.05) is 60.7 Å². The van der Waals surface area contributed by atoms with Gasteiger partial charge in [-0.3, -0.25) is 0 Å². The summed E-state index contributed by atoms with van der Waals surface area (Å²) in [4.78, 5) is 48.0. The van der Waals surface area contributed by atoms with E-state index in [0.29, 0.717) is 11.1 Å². The summed E-state index contributed by atoms with van der Waals surface area (Å²) in [5.74, 6) is -3.50. The lowest BCUT2D eigenvalue weighted by Crippen LogP contribution is -2.21. The maximum Gasteiger partial charge on any atom is 0.351 e. The molecule has 0 aliphatic rings. The topological polar surface area (TPSA) is 105 Å². The second kappa shape index (κ2) is 11.2. The number of esters is 4.